The number of esters is 1. The SMILES string of the molecule is COC(=O)c1ccc(N2CCNC(C)(C)C2)nc1C#N. The lowest BCUT2D eigenvalue weighted by Gasteiger charge is -2.39. The number of methoxy groups -OCH3 is 1. The van der Waals surface area contributed by atoms with Gasteiger partial charge in [-0.2, -0.15) is 5.26 Å². The van der Waals surface area contributed by atoms with Crippen LogP contribution in [0.2, 0.25) is 0 Å². The maximum atomic E-state index is 11.5. The molecule has 0 unspecified atom stereocenters. The number of nitriles is 1. The molecule has 2 heterocycles. The fourth-order valence-corrected chi connectivity index (χ4v) is 2.32. The summed E-state index contributed by atoms with van der Waals surface area (Å²) in [6.45, 7) is 6.71. The number of ether oxygens (including phenoxy) is 1. The van der Waals surface area contributed by atoms with Gasteiger partial charge >= 0.3 is 5.97 Å². The summed E-state index contributed by atoms with van der Waals surface area (Å²) in [4.78, 5) is 17.9. The number of carbonyl (C=O) groups is 1. The predicted molar refractivity (Wildman–Crippen MR) is 74.6 cm³/mol. The van der Waals surface area contributed by atoms with Crippen LogP contribution in [0.4, 0.5) is 5.82 Å². The Morgan fingerprint density at radius 1 is 1.55 bits per heavy atom. The van der Waals surface area contributed by atoms with Gasteiger partial charge in [-0.15, -0.1) is 0 Å². The van der Waals surface area contributed by atoms with Gasteiger partial charge < -0.3 is 15.0 Å². The molecule has 1 saturated heterocycles. The molecule has 0 bridgehead atoms. The monoisotopic (exact) mass is 274 g/mol. The van der Waals surface area contributed by atoms with Crippen molar-refractivity contribution in [1.82, 2.24) is 10.3 Å². The van der Waals surface area contributed by atoms with Gasteiger partial charge in [-0.05, 0) is 26.0 Å². The van der Waals surface area contributed by atoms with Crippen molar-refractivity contribution in [3.63, 3.8) is 0 Å². The van der Waals surface area contributed by atoms with Crippen LogP contribution >= 0.6 is 0 Å². The lowest BCUT2D eigenvalue weighted by atomic mass is 10.0. The summed E-state index contributed by atoms with van der Waals surface area (Å²) in [6, 6.07) is 5.31. The van der Waals surface area contributed by atoms with Crippen molar-refractivity contribution in [3.8, 4) is 6.07 Å². The van der Waals surface area contributed by atoms with Crippen molar-refractivity contribution in [2.45, 2.75) is 19.4 Å². The Balaban J connectivity index is 2.30. The minimum absolute atomic E-state index is 0.00619. The van der Waals surface area contributed by atoms with Crippen molar-refractivity contribution >= 4 is 11.8 Å². The van der Waals surface area contributed by atoms with Crippen LogP contribution in [0.5, 0.6) is 0 Å². The Labute approximate surface area is 118 Å². The van der Waals surface area contributed by atoms with Gasteiger partial charge in [0.2, 0.25) is 0 Å². The summed E-state index contributed by atoms with van der Waals surface area (Å²) < 4.78 is 4.64. The van der Waals surface area contributed by atoms with Crippen molar-refractivity contribution in [2.24, 2.45) is 0 Å². The first-order valence-corrected chi connectivity index (χ1v) is 6.46. The van der Waals surface area contributed by atoms with E-state index in [1.807, 2.05) is 6.07 Å². The molecule has 1 aliphatic rings. The van der Waals surface area contributed by atoms with E-state index in [1.54, 1.807) is 12.1 Å². The van der Waals surface area contributed by atoms with E-state index in [0.717, 1.165) is 19.6 Å². The molecule has 0 spiro atoms. The molecule has 0 aliphatic carbocycles. The fourth-order valence-electron chi connectivity index (χ4n) is 2.32. The molecular formula is C14H18N4O2. The fraction of sp³-hybridized carbons (Fsp3) is 0.500. The second-order valence-corrected chi connectivity index (χ2v) is 5.40. The Kier molecular flexibility index (Phi) is 3.91. The number of piperazine rings is 1. The maximum absolute atomic E-state index is 11.5. The largest absolute Gasteiger partial charge is 0.465 e. The number of carbonyl (C=O) groups excluding carboxylic acids is 1. The number of nitrogens with zero attached hydrogens (tertiary/aromatic N) is 3. The van der Waals surface area contributed by atoms with Crippen LogP contribution in [0.3, 0.4) is 0 Å². The van der Waals surface area contributed by atoms with Crippen LogP contribution in [-0.2, 0) is 4.74 Å². The minimum Gasteiger partial charge on any atom is -0.465 e. The van der Waals surface area contributed by atoms with E-state index >= 15 is 0 Å². The van der Waals surface area contributed by atoms with E-state index in [2.05, 4.69) is 33.8 Å². The number of nitrogens with one attached hydrogen (secondary N) is 1. The van der Waals surface area contributed by atoms with Crippen molar-refractivity contribution in [1.29, 1.82) is 5.26 Å². The zero-order valence-corrected chi connectivity index (χ0v) is 11.9. The van der Waals surface area contributed by atoms with Gasteiger partial charge in [0, 0.05) is 25.2 Å². The van der Waals surface area contributed by atoms with Gasteiger partial charge in [0.05, 0.1) is 12.7 Å². The number of aromatic nitrogens is 1. The predicted octanol–water partition coefficient (Wildman–Crippen LogP) is 0.928. The Hall–Kier alpha value is -2.13. The van der Waals surface area contributed by atoms with Crippen LogP contribution in [0.25, 0.3) is 0 Å². The molecule has 6 heteroatoms. The summed E-state index contributed by atoms with van der Waals surface area (Å²) in [7, 11) is 1.29. The van der Waals surface area contributed by atoms with E-state index in [0.29, 0.717) is 5.82 Å². The quantitative estimate of drug-likeness (QED) is 0.808. The van der Waals surface area contributed by atoms with Gasteiger partial charge in [0.25, 0.3) is 0 Å². The molecule has 2 rings (SSSR count). The third-order valence-corrected chi connectivity index (χ3v) is 3.29. The molecule has 20 heavy (non-hydrogen) atoms. The third kappa shape index (κ3) is 2.89. The average molecular weight is 274 g/mol. The highest BCUT2D eigenvalue weighted by Gasteiger charge is 2.27. The minimum atomic E-state index is -0.541. The van der Waals surface area contributed by atoms with E-state index in [9.17, 15) is 4.79 Å². The van der Waals surface area contributed by atoms with Crippen LogP contribution in [0.1, 0.15) is 29.9 Å². The third-order valence-electron chi connectivity index (χ3n) is 3.29. The molecule has 6 nitrogen and oxygen atoms in total. The first-order chi connectivity index (χ1) is 9.46. The lowest BCUT2D eigenvalue weighted by molar-refractivity contribution is 0.0600. The van der Waals surface area contributed by atoms with Gasteiger partial charge in [0.15, 0.2) is 5.69 Å². The molecule has 1 aromatic heterocycles. The first kappa shape index (κ1) is 14.3. The van der Waals surface area contributed by atoms with E-state index in [1.165, 1.54) is 7.11 Å². The summed E-state index contributed by atoms with van der Waals surface area (Å²) in [5.41, 5.74) is 0.298. The van der Waals surface area contributed by atoms with Crippen LogP contribution in [-0.4, -0.2) is 43.2 Å². The number of hydrogen-bond acceptors (Lipinski definition) is 6. The molecule has 106 valence electrons. The van der Waals surface area contributed by atoms with Gasteiger partial charge in [-0.25, -0.2) is 9.78 Å². The smallest absolute Gasteiger partial charge is 0.340 e. The summed E-state index contributed by atoms with van der Waals surface area (Å²) in [6.07, 6.45) is 0. The molecule has 0 saturated carbocycles. The highest BCUT2D eigenvalue weighted by molar-refractivity contribution is 5.91. The van der Waals surface area contributed by atoms with E-state index in [4.69, 9.17) is 5.26 Å². The molecule has 0 amide bonds. The highest BCUT2D eigenvalue weighted by atomic mass is 16.5. The maximum Gasteiger partial charge on any atom is 0.340 e. The van der Waals surface area contributed by atoms with Gasteiger partial charge in [0.1, 0.15) is 11.9 Å². The lowest BCUT2D eigenvalue weighted by Crippen LogP contribution is -2.57. The second kappa shape index (κ2) is 5.47. The second-order valence-electron chi connectivity index (χ2n) is 5.40. The summed E-state index contributed by atoms with van der Waals surface area (Å²) in [5, 5.41) is 12.6. The number of hydrogen-bond donors (Lipinski definition) is 1. The standard InChI is InChI=1S/C14H18N4O2/c1-14(2)9-18(7-6-16-14)12-5-4-10(13(19)20-3)11(8-15)17-12/h4-5,16H,6-7,9H2,1-3H3. The molecule has 1 fully saturated rings. The van der Waals surface area contributed by atoms with Crippen LogP contribution < -0.4 is 10.2 Å². The van der Waals surface area contributed by atoms with Gasteiger partial charge in [-0.1, -0.05) is 0 Å². The zero-order valence-electron chi connectivity index (χ0n) is 11.9. The molecule has 1 aromatic rings. The van der Waals surface area contributed by atoms with Crippen LogP contribution in [0, 0.1) is 11.3 Å². The molecule has 0 radical (unpaired) electrons. The van der Waals surface area contributed by atoms with Crippen LogP contribution in [0.15, 0.2) is 12.1 Å². The molecule has 0 atom stereocenters. The highest BCUT2D eigenvalue weighted by Crippen LogP contribution is 2.20. The first-order valence-electron chi connectivity index (χ1n) is 6.46. The summed E-state index contributed by atoms with van der Waals surface area (Å²) >= 11 is 0. The van der Waals surface area contributed by atoms with Gasteiger partial charge in [-0.3, -0.25) is 0 Å². The molecular weight excluding hydrogens is 256 g/mol. The number of rotatable bonds is 2. The van der Waals surface area contributed by atoms with E-state index in [-0.39, 0.29) is 16.8 Å². The van der Waals surface area contributed by atoms with Crippen molar-refractivity contribution in [2.75, 3.05) is 31.6 Å². The molecule has 1 N–H and O–H groups in total. The normalized spacial score (nSPS) is 17.4. The Morgan fingerprint density at radius 3 is 2.90 bits per heavy atom. The number of pyridine rings is 1. The average Bonchev–Trinajstić information content (AvgIpc) is 2.44. The summed E-state index contributed by atoms with van der Waals surface area (Å²) in [5.74, 6) is 0.171. The Bertz CT molecular complexity index is 563. The van der Waals surface area contributed by atoms with Crippen molar-refractivity contribution < 1.29 is 9.53 Å². The zero-order chi connectivity index (χ0) is 14.8. The van der Waals surface area contributed by atoms with E-state index < -0.39 is 5.97 Å². The number of anilines is 1. The Morgan fingerprint density at radius 2 is 2.30 bits per heavy atom. The topological polar surface area (TPSA) is 78.2 Å². The molecule has 0 aromatic carbocycles. The molecule has 1 aliphatic heterocycles. The van der Waals surface area contributed by atoms with Crippen molar-refractivity contribution in [3.05, 3.63) is 23.4 Å².